The van der Waals surface area contributed by atoms with E-state index >= 15 is 0 Å². The van der Waals surface area contributed by atoms with E-state index in [4.69, 9.17) is 4.74 Å². The smallest absolute Gasteiger partial charge is 0.165 e. The van der Waals surface area contributed by atoms with Crippen LogP contribution in [0, 0.1) is 10.8 Å². The zero-order valence-electron chi connectivity index (χ0n) is 10.7. The molecule has 2 unspecified atom stereocenters. The van der Waals surface area contributed by atoms with Crippen LogP contribution in [0.4, 0.5) is 0 Å². The van der Waals surface area contributed by atoms with Gasteiger partial charge in [0.2, 0.25) is 0 Å². The van der Waals surface area contributed by atoms with E-state index in [-0.39, 0.29) is 12.0 Å². The fraction of sp³-hybridized carbons (Fsp3) is 0.833. The van der Waals surface area contributed by atoms with E-state index in [0.717, 1.165) is 5.57 Å². The highest BCUT2D eigenvalue weighted by atomic mass is 16.6. The predicted molar refractivity (Wildman–Crippen MR) is 61.4 cm³/mol. The molecule has 0 aliphatic rings. The van der Waals surface area contributed by atoms with Crippen LogP contribution >= 0.6 is 0 Å². The highest BCUT2D eigenvalue weighted by Crippen LogP contribution is 2.43. The molecule has 0 saturated heterocycles. The summed E-state index contributed by atoms with van der Waals surface area (Å²) in [6.07, 6.45) is 0.888. The summed E-state index contributed by atoms with van der Waals surface area (Å²) in [5, 5.41) is 19.5. The molecule has 2 atom stereocenters. The van der Waals surface area contributed by atoms with E-state index in [9.17, 15) is 10.2 Å². The summed E-state index contributed by atoms with van der Waals surface area (Å²) in [6.45, 7) is 9.68. The normalized spacial score (nSPS) is 18.1. The predicted octanol–water partition coefficient (Wildman–Crippen LogP) is 1.94. The van der Waals surface area contributed by atoms with Crippen LogP contribution in [0.1, 0.15) is 34.6 Å². The number of hydrogen-bond acceptors (Lipinski definition) is 3. The van der Waals surface area contributed by atoms with Gasteiger partial charge in [-0.3, -0.25) is 0 Å². The van der Waals surface area contributed by atoms with Crippen molar-refractivity contribution in [2.24, 2.45) is 10.8 Å². The lowest BCUT2D eigenvalue weighted by atomic mass is 9.65. The first-order valence-electron chi connectivity index (χ1n) is 5.19. The summed E-state index contributed by atoms with van der Waals surface area (Å²) in [4.78, 5) is 0. The van der Waals surface area contributed by atoms with E-state index in [2.05, 4.69) is 0 Å². The third-order valence-corrected chi connectivity index (χ3v) is 2.87. The first-order chi connectivity index (χ1) is 6.71. The number of rotatable bonds is 4. The van der Waals surface area contributed by atoms with Gasteiger partial charge in [0.05, 0.1) is 12.0 Å². The van der Waals surface area contributed by atoms with Crippen LogP contribution in [-0.4, -0.2) is 30.2 Å². The Balaban J connectivity index is 5.41. The molecule has 2 N–H and O–H groups in total. The van der Waals surface area contributed by atoms with Gasteiger partial charge in [-0.15, -0.1) is 0 Å². The second-order valence-corrected chi connectivity index (χ2v) is 5.26. The summed E-state index contributed by atoms with van der Waals surface area (Å²) >= 11 is 0. The van der Waals surface area contributed by atoms with Gasteiger partial charge in [-0.05, 0) is 19.3 Å². The molecule has 0 rings (SSSR count). The third-order valence-electron chi connectivity index (χ3n) is 2.87. The topological polar surface area (TPSA) is 49.7 Å². The minimum Gasteiger partial charge on any atom is -0.395 e. The van der Waals surface area contributed by atoms with E-state index in [1.165, 1.54) is 7.11 Å². The lowest BCUT2D eigenvalue weighted by molar-refractivity contribution is -0.187. The molecule has 3 heteroatoms. The zero-order chi connectivity index (χ0) is 12.3. The molecule has 0 aromatic heterocycles. The Morgan fingerprint density at radius 3 is 2.00 bits per heavy atom. The van der Waals surface area contributed by atoms with E-state index in [1.807, 2.05) is 40.7 Å². The van der Waals surface area contributed by atoms with Crippen molar-refractivity contribution in [1.29, 1.82) is 0 Å². The van der Waals surface area contributed by atoms with Crippen molar-refractivity contribution < 1.29 is 14.9 Å². The van der Waals surface area contributed by atoms with Crippen molar-refractivity contribution >= 4 is 0 Å². The summed E-state index contributed by atoms with van der Waals surface area (Å²) < 4.78 is 4.98. The molecule has 0 spiro atoms. The quantitative estimate of drug-likeness (QED) is 0.558. The maximum Gasteiger partial charge on any atom is 0.165 e. The van der Waals surface area contributed by atoms with Gasteiger partial charge in [-0.25, -0.2) is 0 Å². The monoisotopic (exact) mass is 216 g/mol. The van der Waals surface area contributed by atoms with Crippen LogP contribution in [0.5, 0.6) is 0 Å². The highest BCUT2D eigenvalue weighted by Gasteiger charge is 2.46. The van der Waals surface area contributed by atoms with E-state index < -0.39 is 11.7 Å². The number of aliphatic hydroxyl groups is 2. The summed E-state index contributed by atoms with van der Waals surface area (Å²) in [5.74, 6) is 0. The lowest BCUT2D eigenvalue weighted by Gasteiger charge is -2.44. The SMILES string of the molecule is COC(O)C(C=C(C)C)(CO)C(C)(C)C. The number of allylic oxidation sites excluding steroid dienone is 1. The first-order valence-corrected chi connectivity index (χ1v) is 5.19. The summed E-state index contributed by atoms with van der Waals surface area (Å²) in [5.41, 5.74) is 0.00440. The Kier molecular flexibility index (Phi) is 4.97. The molecule has 90 valence electrons. The van der Waals surface area contributed by atoms with Gasteiger partial charge in [-0.1, -0.05) is 32.4 Å². The second kappa shape index (κ2) is 5.10. The van der Waals surface area contributed by atoms with E-state index in [1.54, 1.807) is 0 Å². The Morgan fingerprint density at radius 2 is 1.80 bits per heavy atom. The van der Waals surface area contributed by atoms with Crippen molar-refractivity contribution in [1.82, 2.24) is 0 Å². The minimum atomic E-state index is -1.00. The Morgan fingerprint density at radius 1 is 1.33 bits per heavy atom. The first kappa shape index (κ1) is 14.6. The average Bonchev–Trinajstić information content (AvgIpc) is 2.10. The molecule has 15 heavy (non-hydrogen) atoms. The molecule has 0 aromatic rings. The molecule has 0 fully saturated rings. The molecule has 0 aromatic carbocycles. The highest BCUT2D eigenvalue weighted by molar-refractivity contribution is 5.11. The molecule has 0 heterocycles. The van der Waals surface area contributed by atoms with Crippen molar-refractivity contribution in [2.75, 3.05) is 13.7 Å². The van der Waals surface area contributed by atoms with Gasteiger partial charge < -0.3 is 14.9 Å². The molecule has 0 radical (unpaired) electrons. The van der Waals surface area contributed by atoms with Gasteiger partial charge >= 0.3 is 0 Å². The van der Waals surface area contributed by atoms with E-state index in [0.29, 0.717) is 0 Å². The minimum absolute atomic E-state index is 0.142. The van der Waals surface area contributed by atoms with Crippen LogP contribution in [0.25, 0.3) is 0 Å². The zero-order valence-corrected chi connectivity index (χ0v) is 10.7. The maximum absolute atomic E-state index is 9.93. The molecule has 0 aliphatic heterocycles. The van der Waals surface area contributed by atoms with Crippen molar-refractivity contribution in [3.8, 4) is 0 Å². The second-order valence-electron chi connectivity index (χ2n) is 5.26. The molecular weight excluding hydrogens is 192 g/mol. The number of aliphatic hydroxyl groups excluding tert-OH is 2. The Labute approximate surface area is 92.8 Å². The Hall–Kier alpha value is -0.380. The Bertz CT molecular complexity index is 224. The van der Waals surface area contributed by atoms with Crippen LogP contribution in [0.2, 0.25) is 0 Å². The van der Waals surface area contributed by atoms with Crippen molar-refractivity contribution in [2.45, 2.75) is 40.9 Å². The number of hydrogen-bond donors (Lipinski definition) is 2. The average molecular weight is 216 g/mol. The van der Waals surface area contributed by atoms with Crippen molar-refractivity contribution in [3.63, 3.8) is 0 Å². The lowest BCUT2D eigenvalue weighted by Crippen LogP contribution is -2.48. The fourth-order valence-electron chi connectivity index (χ4n) is 1.74. The number of ether oxygens (including phenoxy) is 1. The molecule has 0 amide bonds. The fourth-order valence-corrected chi connectivity index (χ4v) is 1.74. The van der Waals surface area contributed by atoms with Gasteiger partial charge in [-0.2, -0.15) is 0 Å². The van der Waals surface area contributed by atoms with Crippen LogP contribution in [0.15, 0.2) is 11.6 Å². The van der Waals surface area contributed by atoms with Crippen LogP contribution in [-0.2, 0) is 4.74 Å². The summed E-state index contributed by atoms with van der Waals surface area (Å²) in [7, 11) is 1.44. The van der Waals surface area contributed by atoms with Gasteiger partial charge in [0.15, 0.2) is 6.29 Å². The largest absolute Gasteiger partial charge is 0.395 e. The third kappa shape index (κ3) is 3.03. The number of methoxy groups -OCH3 is 1. The molecular formula is C12H24O3. The molecule has 0 bridgehead atoms. The van der Waals surface area contributed by atoms with Crippen LogP contribution < -0.4 is 0 Å². The maximum atomic E-state index is 9.93. The van der Waals surface area contributed by atoms with Gasteiger partial charge in [0.25, 0.3) is 0 Å². The summed E-state index contributed by atoms with van der Waals surface area (Å²) in [6, 6.07) is 0. The van der Waals surface area contributed by atoms with Crippen LogP contribution in [0.3, 0.4) is 0 Å². The van der Waals surface area contributed by atoms with Gasteiger partial charge in [0, 0.05) is 7.11 Å². The standard InChI is InChI=1S/C12H24O3/c1-9(2)7-12(8-13,10(14)15-6)11(3,4)5/h7,10,13-14H,8H2,1-6H3. The molecule has 0 aliphatic carbocycles. The molecule has 0 saturated carbocycles. The van der Waals surface area contributed by atoms with Crippen molar-refractivity contribution in [3.05, 3.63) is 11.6 Å². The molecule has 3 nitrogen and oxygen atoms in total. The van der Waals surface area contributed by atoms with Gasteiger partial charge in [0.1, 0.15) is 0 Å².